The maximum Gasteiger partial charge on any atom is 0.0311 e. The van der Waals surface area contributed by atoms with E-state index < -0.39 is 0 Å². The maximum absolute atomic E-state index is 5.98. The minimum Gasteiger partial charge on any atom is -0.327 e. The van der Waals surface area contributed by atoms with E-state index in [4.69, 9.17) is 5.73 Å². The van der Waals surface area contributed by atoms with Crippen molar-refractivity contribution in [1.29, 1.82) is 0 Å². The topological polar surface area (TPSA) is 26.0 Å². The van der Waals surface area contributed by atoms with Crippen molar-refractivity contribution in [2.45, 2.75) is 24.3 Å². The molecule has 1 aromatic rings. The van der Waals surface area contributed by atoms with E-state index in [-0.39, 0.29) is 6.04 Å². The van der Waals surface area contributed by atoms with Crippen molar-refractivity contribution in [2.24, 2.45) is 5.73 Å². The van der Waals surface area contributed by atoms with Crippen LogP contribution in [0.25, 0.3) is 0 Å². The van der Waals surface area contributed by atoms with Crippen LogP contribution in [0.3, 0.4) is 0 Å². The summed E-state index contributed by atoms with van der Waals surface area (Å²) in [5.74, 6) is 0.926. The highest BCUT2D eigenvalue weighted by Gasteiger charge is 2.05. The number of halogens is 1. The monoisotopic (exact) mass is 285 g/mol. The van der Waals surface area contributed by atoms with Crippen molar-refractivity contribution in [3.8, 4) is 0 Å². The Balaban J connectivity index is 2.43. The third-order valence-electron chi connectivity index (χ3n) is 1.90. The molecule has 0 amide bonds. The standard InChI is InChI=1S/C12H16BrNS/c1-9(2)7-10(14)8-15-12-6-4-3-5-11(12)13/h3-6,10H,1,7-8,14H2,2H3. The lowest BCUT2D eigenvalue weighted by Crippen LogP contribution is -2.22. The van der Waals surface area contributed by atoms with Crippen LogP contribution in [0.1, 0.15) is 13.3 Å². The molecule has 1 rings (SSSR count). The van der Waals surface area contributed by atoms with Gasteiger partial charge in [0, 0.05) is 21.2 Å². The van der Waals surface area contributed by atoms with Crippen LogP contribution in [-0.2, 0) is 0 Å². The van der Waals surface area contributed by atoms with Crippen molar-refractivity contribution >= 4 is 27.7 Å². The number of benzene rings is 1. The van der Waals surface area contributed by atoms with Gasteiger partial charge in [0.05, 0.1) is 0 Å². The molecule has 15 heavy (non-hydrogen) atoms. The van der Waals surface area contributed by atoms with Gasteiger partial charge in [-0.1, -0.05) is 17.7 Å². The molecule has 0 bridgehead atoms. The van der Waals surface area contributed by atoms with E-state index in [1.807, 2.05) is 25.1 Å². The first kappa shape index (κ1) is 12.8. The van der Waals surface area contributed by atoms with Crippen LogP contribution in [0, 0.1) is 0 Å². The number of thioether (sulfide) groups is 1. The Morgan fingerprint density at radius 1 is 1.53 bits per heavy atom. The maximum atomic E-state index is 5.98. The smallest absolute Gasteiger partial charge is 0.0311 e. The molecule has 0 fully saturated rings. The molecule has 0 aromatic heterocycles. The minimum absolute atomic E-state index is 0.194. The highest BCUT2D eigenvalue weighted by molar-refractivity contribution is 9.10. The SMILES string of the molecule is C=C(C)CC(N)CSc1ccccc1Br. The molecule has 1 aromatic carbocycles. The molecule has 0 aliphatic carbocycles. The third-order valence-corrected chi connectivity index (χ3v) is 4.12. The van der Waals surface area contributed by atoms with Gasteiger partial charge < -0.3 is 5.73 Å². The number of rotatable bonds is 5. The van der Waals surface area contributed by atoms with E-state index in [9.17, 15) is 0 Å². The Morgan fingerprint density at radius 3 is 2.80 bits per heavy atom. The Hall–Kier alpha value is -0.250. The average molecular weight is 286 g/mol. The molecule has 0 heterocycles. The molecule has 1 nitrogen and oxygen atoms in total. The van der Waals surface area contributed by atoms with Gasteiger partial charge in [0.15, 0.2) is 0 Å². The lowest BCUT2D eigenvalue weighted by molar-refractivity contribution is 0.743. The van der Waals surface area contributed by atoms with Crippen LogP contribution in [0.4, 0.5) is 0 Å². The largest absolute Gasteiger partial charge is 0.327 e. The highest BCUT2D eigenvalue weighted by atomic mass is 79.9. The molecular weight excluding hydrogens is 270 g/mol. The zero-order valence-corrected chi connectivity index (χ0v) is 11.3. The number of hydrogen-bond acceptors (Lipinski definition) is 2. The first-order chi connectivity index (χ1) is 7.09. The lowest BCUT2D eigenvalue weighted by atomic mass is 10.1. The second kappa shape index (κ2) is 6.36. The quantitative estimate of drug-likeness (QED) is 0.657. The van der Waals surface area contributed by atoms with Crippen molar-refractivity contribution < 1.29 is 0 Å². The Kier molecular flexibility index (Phi) is 5.43. The van der Waals surface area contributed by atoms with E-state index >= 15 is 0 Å². The summed E-state index contributed by atoms with van der Waals surface area (Å²) in [6, 6.07) is 8.40. The second-order valence-electron chi connectivity index (χ2n) is 3.66. The Labute approximate surface area is 104 Å². The van der Waals surface area contributed by atoms with Crippen molar-refractivity contribution in [2.75, 3.05) is 5.75 Å². The molecule has 1 unspecified atom stereocenters. The summed E-state index contributed by atoms with van der Waals surface area (Å²) in [5, 5.41) is 0. The summed E-state index contributed by atoms with van der Waals surface area (Å²) in [6.07, 6.45) is 0.900. The molecule has 0 saturated carbocycles. The van der Waals surface area contributed by atoms with E-state index in [0.717, 1.165) is 22.2 Å². The molecule has 1 atom stereocenters. The van der Waals surface area contributed by atoms with Crippen molar-refractivity contribution in [3.63, 3.8) is 0 Å². The number of hydrogen-bond donors (Lipinski definition) is 1. The van der Waals surface area contributed by atoms with Gasteiger partial charge in [0.25, 0.3) is 0 Å². The summed E-state index contributed by atoms with van der Waals surface area (Å²) in [4.78, 5) is 1.25. The molecule has 0 saturated heterocycles. The average Bonchev–Trinajstić information content (AvgIpc) is 2.15. The summed E-state index contributed by atoms with van der Waals surface area (Å²) >= 11 is 5.30. The summed E-state index contributed by atoms with van der Waals surface area (Å²) in [7, 11) is 0. The molecule has 82 valence electrons. The second-order valence-corrected chi connectivity index (χ2v) is 5.58. The van der Waals surface area contributed by atoms with Gasteiger partial charge in [-0.25, -0.2) is 0 Å². The van der Waals surface area contributed by atoms with Crippen LogP contribution in [-0.4, -0.2) is 11.8 Å². The zero-order chi connectivity index (χ0) is 11.3. The predicted octanol–water partition coefficient (Wildman–Crippen LogP) is 3.83. The van der Waals surface area contributed by atoms with Crippen LogP contribution < -0.4 is 5.73 Å². The van der Waals surface area contributed by atoms with Crippen molar-refractivity contribution in [1.82, 2.24) is 0 Å². The zero-order valence-electron chi connectivity index (χ0n) is 8.87. The van der Waals surface area contributed by atoms with Gasteiger partial charge in [-0.2, -0.15) is 0 Å². The normalized spacial score (nSPS) is 12.5. The van der Waals surface area contributed by atoms with Gasteiger partial charge in [0.1, 0.15) is 0 Å². The summed E-state index contributed by atoms with van der Waals surface area (Å²) < 4.78 is 1.14. The van der Waals surface area contributed by atoms with Gasteiger partial charge >= 0.3 is 0 Å². The van der Waals surface area contributed by atoms with Gasteiger partial charge in [-0.3, -0.25) is 0 Å². The first-order valence-corrected chi connectivity index (χ1v) is 6.64. The molecular formula is C12H16BrNS. The molecule has 0 aliphatic rings. The Morgan fingerprint density at radius 2 is 2.20 bits per heavy atom. The van der Waals surface area contributed by atoms with Crippen LogP contribution >= 0.6 is 27.7 Å². The molecule has 0 radical (unpaired) electrons. The minimum atomic E-state index is 0.194. The molecule has 0 spiro atoms. The summed E-state index contributed by atoms with van der Waals surface area (Å²) in [6.45, 7) is 5.89. The van der Waals surface area contributed by atoms with Crippen molar-refractivity contribution in [3.05, 3.63) is 40.9 Å². The summed E-state index contributed by atoms with van der Waals surface area (Å²) in [5.41, 5.74) is 7.12. The number of nitrogens with two attached hydrogens (primary N) is 1. The fourth-order valence-corrected chi connectivity index (χ4v) is 2.79. The van der Waals surface area contributed by atoms with Gasteiger partial charge in [-0.05, 0) is 41.4 Å². The van der Waals surface area contributed by atoms with Crippen LogP contribution in [0.5, 0.6) is 0 Å². The highest BCUT2D eigenvalue weighted by Crippen LogP contribution is 2.27. The molecule has 0 aliphatic heterocycles. The van der Waals surface area contributed by atoms with Crippen LogP contribution in [0.2, 0.25) is 0 Å². The lowest BCUT2D eigenvalue weighted by Gasteiger charge is -2.11. The third kappa shape index (κ3) is 4.87. The predicted molar refractivity (Wildman–Crippen MR) is 72.3 cm³/mol. The van der Waals surface area contributed by atoms with Crippen LogP contribution in [0.15, 0.2) is 45.8 Å². The van der Waals surface area contributed by atoms with E-state index in [1.165, 1.54) is 4.90 Å². The fraction of sp³-hybridized carbons (Fsp3) is 0.333. The molecule has 2 N–H and O–H groups in total. The van der Waals surface area contributed by atoms with E-state index in [0.29, 0.717) is 0 Å². The first-order valence-electron chi connectivity index (χ1n) is 4.87. The van der Waals surface area contributed by atoms with Gasteiger partial charge in [0.2, 0.25) is 0 Å². The van der Waals surface area contributed by atoms with E-state index in [2.05, 4.69) is 28.6 Å². The van der Waals surface area contributed by atoms with Gasteiger partial charge in [-0.15, -0.1) is 18.3 Å². The Bertz CT molecular complexity index is 338. The molecule has 3 heteroatoms. The van der Waals surface area contributed by atoms with E-state index in [1.54, 1.807) is 11.8 Å². The fourth-order valence-electron chi connectivity index (χ4n) is 1.27.